The molecule has 0 unspecified atom stereocenters. The molecule has 0 amide bonds. The van der Waals surface area contributed by atoms with Gasteiger partial charge in [-0.25, -0.2) is 4.79 Å². The third-order valence-corrected chi connectivity index (χ3v) is 7.90. The summed E-state index contributed by atoms with van der Waals surface area (Å²) in [5.41, 5.74) is 4.01. The molecule has 6 rings (SSSR count). The van der Waals surface area contributed by atoms with Crippen LogP contribution in [0.4, 0.5) is 0 Å². The Kier molecular flexibility index (Phi) is 8.24. The number of ketones is 1. The first-order valence-corrected chi connectivity index (χ1v) is 15.1. The summed E-state index contributed by atoms with van der Waals surface area (Å²) < 4.78 is 23.4. The molecule has 0 radical (unpaired) electrons. The molecule has 2 heterocycles. The van der Waals surface area contributed by atoms with Crippen LogP contribution in [-0.2, 0) is 9.47 Å². The van der Waals surface area contributed by atoms with Gasteiger partial charge in [-0.1, -0.05) is 39.2 Å². The molecule has 0 aliphatic carbocycles. The summed E-state index contributed by atoms with van der Waals surface area (Å²) in [7, 11) is 0. The van der Waals surface area contributed by atoms with Crippen LogP contribution in [0.1, 0.15) is 79.5 Å². The third kappa shape index (κ3) is 5.39. The molecule has 0 aliphatic heterocycles. The summed E-state index contributed by atoms with van der Waals surface area (Å²) in [6.07, 6.45) is 6.36. The van der Waals surface area contributed by atoms with E-state index in [0.717, 1.165) is 82.2 Å². The second kappa shape index (κ2) is 12.4. The molecular formula is C36H36O6. The molecule has 0 bridgehead atoms. The maximum absolute atomic E-state index is 12.8. The summed E-state index contributed by atoms with van der Waals surface area (Å²) >= 11 is 0. The number of unbranched alkanes of at least 4 members (excludes halogenated alkanes) is 3. The van der Waals surface area contributed by atoms with E-state index in [4.69, 9.17) is 18.3 Å². The average Bonchev–Trinajstić information content (AvgIpc) is 3.58. The number of carbonyl (C=O) groups is 2. The van der Waals surface area contributed by atoms with Crippen LogP contribution in [0.25, 0.3) is 54.6 Å². The van der Waals surface area contributed by atoms with Crippen molar-refractivity contribution in [3.8, 4) is 0 Å². The number of Topliss-reactive ketones (excluding diaryl/α,β-unsaturated/α-hetero) is 1. The van der Waals surface area contributed by atoms with E-state index in [0.29, 0.717) is 48.3 Å². The maximum atomic E-state index is 12.8. The van der Waals surface area contributed by atoms with E-state index in [1.807, 2.05) is 42.5 Å². The lowest BCUT2D eigenvalue weighted by Gasteiger charge is -2.05. The van der Waals surface area contributed by atoms with E-state index in [2.05, 4.69) is 26.0 Å². The fourth-order valence-electron chi connectivity index (χ4n) is 5.76. The smallest absolute Gasteiger partial charge is 0.338 e. The Morgan fingerprint density at radius 2 is 1.21 bits per heavy atom. The Labute approximate surface area is 244 Å². The molecule has 0 saturated heterocycles. The zero-order valence-corrected chi connectivity index (χ0v) is 24.3. The minimum atomic E-state index is -0.326. The molecule has 216 valence electrons. The quantitative estimate of drug-likeness (QED) is 0.0789. The van der Waals surface area contributed by atoms with E-state index in [1.165, 1.54) is 0 Å². The lowest BCUT2D eigenvalue weighted by molar-refractivity contribution is 0.0497. The number of ether oxygens (including phenoxy) is 2. The first-order chi connectivity index (χ1) is 20.6. The Hall–Kier alpha value is -4.16. The van der Waals surface area contributed by atoms with Gasteiger partial charge in [-0.3, -0.25) is 4.79 Å². The van der Waals surface area contributed by atoms with Crippen molar-refractivity contribution in [1.29, 1.82) is 0 Å². The Balaban J connectivity index is 1.32. The molecule has 6 nitrogen and oxygen atoms in total. The van der Waals surface area contributed by atoms with E-state index >= 15 is 0 Å². The van der Waals surface area contributed by atoms with Crippen LogP contribution < -0.4 is 0 Å². The highest BCUT2D eigenvalue weighted by Crippen LogP contribution is 2.41. The molecular weight excluding hydrogens is 528 g/mol. The van der Waals surface area contributed by atoms with Crippen molar-refractivity contribution in [2.45, 2.75) is 58.8 Å². The number of hydrogen-bond donors (Lipinski definition) is 0. The Morgan fingerprint density at radius 3 is 1.86 bits per heavy atom. The molecule has 6 heteroatoms. The largest absolute Gasteiger partial charge is 0.462 e. The number of benzene rings is 4. The first-order valence-electron chi connectivity index (χ1n) is 15.1. The topological polar surface area (TPSA) is 78.9 Å². The predicted octanol–water partition coefficient (Wildman–Crippen LogP) is 9.77. The fraction of sp³-hybridized carbons (Fsp3) is 0.333. The van der Waals surface area contributed by atoms with Gasteiger partial charge in [0.2, 0.25) is 0 Å². The molecule has 6 aromatic rings. The summed E-state index contributed by atoms with van der Waals surface area (Å²) in [5, 5.41) is 6.00. The molecule has 0 atom stereocenters. The highest BCUT2D eigenvalue weighted by Gasteiger charge is 2.18. The van der Waals surface area contributed by atoms with Gasteiger partial charge < -0.3 is 18.3 Å². The zero-order chi connectivity index (χ0) is 29.1. The minimum absolute atomic E-state index is 0.0913. The van der Waals surface area contributed by atoms with Crippen molar-refractivity contribution in [1.82, 2.24) is 0 Å². The molecule has 0 spiro atoms. The fourth-order valence-corrected chi connectivity index (χ4v) is 5.76. The van der Waals surface area contributed by atoms with Crippen LogP contribution in [-0.4, -0.2) is 31.6 Å². The maximum Gasteiger partial charge on any atom is 0.338 e. The lowest BCUT2D eigenvalue weighted by Crippen LogP contribution is -2.06. The molecule has 2 aromatic heterocycles. The molecule has 0 fully saturated rings. The number of hydrogen-bond acceptors (Lipinski definition) is 6. The second-order valence-corrected chi connectivity index (χ2v) is 10.9. The van der Waals surface area contributed by atoms with E-state index < -0.39 is 0 Å². The number of rotatable bonds is 13. The summed E-state index contributed by atoms with van der Waals surface area (Å²) in [5.74, 6) is -0.235. The standard InChI is InChI=1S/C36H36O6/c1-3-5-6-7-20-40-36(38)24-11-13-28-33(22-24)42-31-17-15-25-26(35(28)31)14-16-30-34(25)27-12-10-23(21-32(27)41-30)29(37)9-8-19-39-18-4-2/h10-17,21-22H,3-9,18-20H2,1-2H3. The van der Waals surface area contributed by atoms with Gasteiger partial charge in [-0.05, 0) is 84.6 Å². The molecule has 4 aromatic carbocycles. The van der Waals surface area contributed by atoms with Gasteiger partial charge in [0.25, 0.3) is 0 Å². The van der Waals surface area contributed by atoms with Crippen molar-refractivity contribution in [2.24, 2.45) is 0 Å². The van der Waals surface area contributed by atoms with E-state index in [-0.39, 0.29) is 11.8 Å². The zero-order valence-electron chi connectivity index (χ0n) is 24.3. The molecule has 0 saturated carbocycles. The highest BCUT2D eigenvalue weighted by molar-refractivity contribution is 6.27. The van der Waals surface area contributed by atoms with Crippen molar-refractivity contribution in [3.05, 3.63) is 71.8 Å². The van der Waals surface area contributed by atoms with Crippen molar-refractivity contribution >= 4 is 66.4 Å². The van der Waals surface area contributed by atoms with Gasteiger partial charge in [0.05, 0.1) is 12.2 Å². The Bertz CT molecular complexity index is 1770. The lowest BCUT2D eigenvalue weighted by atomic mass is 9.98. The van der Waals surface area contributed by atoms with Gasteiger partial charge in [0.15, 0.2) is 5.78 Å². The van der Waals surface area contributed by atoms with Crippen molar-refractivity contribution < 1.29 is 27.9 Å². The van der Waals surface area contributed by atoms with Crippen LogP contribution in [0.3, 0.4) is 0 Å². The van der Waals surface area contributed by atoms with Crippen LogP contribution in [0.2, 0.25) is 0 Å². The van der Waals surface area contributed by atoms with Crippen molar-refractivity contribution in [3.63, 3.8) is 0 Å². The van der Waals surface area contributed by atoms with Gasteiger partial charge in [0.1, 0.15) is 22.3 Å². The SMILES string of the molecule is CCCCCCOC(=O)c1ccc2c(c1)oc1ccc3c(ccc4oc5cc(C(=O)CCCOCCC)ccc5c43)c12. The monoisotopic (exact) mass is 564 g/mol. The normalized spacial score (nSPS) is 11.9. The predicted molar refractivity (Wildman–Crippen MR) is 168 cm³/mol. The molecule has 0 aliphatic rings. The number of carbonyl (C=O) groups excluding carboxylic acids is 2. The molecule has 42 heavy (non-hydrogen) atoms. The van der Waals surface area contributed by atoms with E-state index in [1.54, 1.807) is 6.07 Å². The van der Waals surface area contributed by atoms with Crippen LogP contribution in [0, 0.1) is 0 Å². The van der Waals surface area contributed by atoms with Gasteiger partial charge >= 0.3 is 5.97 Å². The first kappa shape index (κ1) is 28.0. The number of esters is 1. The van der Waals surface area contributed by atoms with Crippen molar-refractivity contribution in [2.75, 3.05) is 19.8 Å². The minimum Gasteiger partial charge on any atom is -0.462 e. The third-order valence-electron chi connectivity index (χ3n) is 7.90. The second-order valence-electron chi connectivity index (χ2n) is 10.9. The number of fused-ring (bicyclic) bond motifs is 9. The number of furan rings is 2. The average molecular weight is 565 g/mol. The van der Waals surface area contributed by atoms with E-state index in [9.17, 15) is 9.59 Å². The van der Waals surface area contributed by atoms with Gasteiger partial charge in [-0.15, -0.1) is 0 Å². The summed E-state index contributed by atoms with van der Waals surface area (Å²) in [6.45, 7) is 5.98. The highest BCUT2D eigenvalue weighted by atomic mass is 16.5. The summed E-state index contributed by atoms with van der Waals surface area (Å²) in [6, 6.07) is 19.3. The van der Waals surface area contributed by atoms with Crippen LogP contribution in [0.15, 0.2) is 69.5 Å². The van der Waals surface area contributed by atoms with Gasteiger partial charge in [-0.2, -0.15) is 0 Å². The van der Waals surface area contributed by atoms with Crippen LogP contribution >= 0.6 is 0 Å². The van der Waals surface area contributed by atoms with Crippen LogP contribution in [0.5, 0.6) is 0 Å². The molecule has 0 N–H and O–H groups in total. The summed E-state index contributed by atoms with van der Waals surface area (Å²) in [4.78, 5) is 25.5. The Morgan fingerprint density at radius 1 is 0.595 bits per heavy atom. The van der Waals surface area contributed by atoms with Gasteiger partial charge in [0, 0.05) is 46.7 Å².